The average molecular weight is 747 g/mol. The van der Waals surface area contributed by atoms with Gasteiger partial charge in [0.25, 0.3) is 0 Å². The molecule has 0 fully saturated rings. The standard InChI is InChI=1S/C55H30N4/c56-31-35-1-9-39(10-2-35)45-21-19-43-17-18-44-20-22-46(40-11-3-36(32-57)4-12-40)28-52(44)55(51(43)27-45)53-29-47(41-13-5-37(33-58)6-14-41)23-25-49(53)50-26-24-48(30-54(50)55)42-15-7-38(34-59)8-16-42/h1-30H. The molecule has 8 aromatic rings. The normalized spacial score (nSPS) is 12.4. The lowest BCUT2D eigenvalue weighted by Crippen LogP contribution is -2.30. The summed E-state index contributed by atoms with van der Waals surface area (Å²) in [7, 11) is 0. The molecule has 270 valence electrons. The fourth-order valence-corrected chi connectivity index (χ4v) is 8.95. The van der Waals surface area contributed by atoms with Gasteiger partial charge < -0.3 is 0 Å². The van der Waals surface area contributed by atoms with Gasteiger partial charge in [0, 0.05) is 0 Å². The zero-order valence-corrected chi connectivity index (χ0v) is 31.6. The molecule has 0 N–H and O–H groups in total. The Labute approximate surface area is 342 Å². The van der Waals surface area contributed by atoms with Crippen molar-refractivity contribution in [1.82, 2.24) is 0 Å². The summed E-state index contributed by atoms with van der Waals surface area (Å²) >= 11 is 0. The van der Waals surface area contributed by atoms with Crippen LogP contribution in [0.2, 0.25) is 0 Å². The second-order valence-corrected chi connectivity index (χ2v) is 15.0. The van der Waals surface area contributed by atoms with Crippen molar-refractivity contribution in [2.45, 2.75) is 5.41 Å². The van der Waals surface area contributed by atoms with E-state index in [-0.39, 0.29) is 0 Å². The van der Waals surface area contributed by atoms with Crippen LogP contribution in [0.4, 0.5) is 0 Å². The second-order valence-electron chi connectivity index (χ2n) is 15.0. The van der Waals surface area contributed by atoms with E-state index < -0.39 is 5.41 Å². The molecule has 4 nitrogen and oxygen atoms in total. The maximum absolute atomic E-state index is 9.60. The number of rotatable bonds is 4. The maximum Gasteiger partial charge on any atom is 0.0991 e. The molecule has 0 amide bonds. The number of hydrogen-bond acceptors (Lipinski definition) is 4. The summed E-state index contributed by atoms with van der Waals surface area (Å²) in [4.78, 5) is 0. The number of nitrogens with zero attached hydrogens (tertiary/aromatic N) is 4. The summed E-state index contributed by atoms with van der Waals surface area (Å²) < 4.78 is 0. The second kappa shape index (κ2) is 13.9. The average Bonchev–Trinajstić information content (AvgIpc) is 3.51. The van der Waals surface area contributed by atoms with Gasteiger partial charge in [-0.3, -0.25) is 0 Å². The molecule has 0 aliphatic heterocycles. The molecule has 0 radical (unpaired) electrons. The van der Waals surface area contributed by atoms with Crippen LogP contribution in [0.15, 0.2) is 170 Å². The fourth-order valence-electron chi connectivity index (χ4n) is 8.95. The van der Waals surface area contributed by atoms with Gasteiger partial charge >= 0.3 is 0 Å². The summed E-state index contributed by atoms with van der Waals surface area (Å²) in [5.74, 6) is 0. The molecular formula is C55H30N4. The highest BCUT2D eigenvalue weighted by Gasteiger charge is 2.49. The Balaban J connectivity index is 1.32. The molecule has 0 atom stereocenters. The van der Waals surface area contributed by atoms with Crippen LogP contribution in [-0.4, -0.2) is 0 Å². The molecule has 2 aliphatic rings. The van der Waals surface area contributed by atoms with Crippen molar-refractivity contribution >= 4 is 12.2 Å². The molecule has 4 heteroatoms. The molecular weight excluding hydrogens is 717 g/mol. The van der Waals surface area contributed by atoms with Crippen LogP contribution < -0.4 is 0 Å². The lowest BCUT2D eigenvalue weighted by atomic mass is 9.64. The van der Waals surface area contributed by atoms with Gasteiger partial charge in [0.05, 0.1) is 51.9 Å². The number of benzene rings is 8. The van der Waals surface area contributed by atoms with Crippen molar-refractivity contribution in [1.29, 1.82) is 21.0 Å². The van der Waals surface area contributed by atoms with E-state index in [1.807, 2.05) is 97.1 Å². The quantitative estimate of drug-likeness (QED) is 0.179. The van der Waals surface area contributed by atoms with Crippen LogP contribution in [0.3, 0.4) is 0 Å². The molecule has 0 bridgehead atoms. The molecule has 0 heterocycles. The van der Waals surface area contributed by atoms with Gasteiger partial charge in [0.1, 0.15) is 0 Å². The van der Waals surface area contributed by atoms with Crippen LogP contribution >= 0.6 is 0 Å². The Kier molecular flexibility index (Phi) is 8.22. The highest BCUT2D eigenvalue weighted by molar-refractivity contribution is 5.95. The highest BCUT2D eigenvalue weighted by Crippen LogP contribution is 2.60. The van der Waals surface area contributed by atoms with Crippen molar-refractivity contribution in [3.63, 3.8) is 0 Å². The van der Waals surface area contributed by atoms with Gasteiger partial charge in [-0.15, -0.1) is 0 Å². The Morgan fingerprint density at radius 2 is 0.525 bits per heavy atom. The van der Waals surface area contributed by atoms with Gasteiger partial charge in [-0.05, 0) is 162 Å². The number of fused-ring (bicyclic) bond motifs is 9. The van der Waals surface area contributed by atoms with E-state index in [2.05, 4.69) is 109 Å². The largest absolute Gasteiger partial charge is 0.192 e. The summed E-state index contributed by atoms with van der Waals surface area (Å²) in [5, 5.41) is 38.4. The van der Waals surface area contributed by atoms with Crippen molar-refractivity contribution in [2.75, 3.05) is 0 Å². The highest BCUT2D eigenvalue weighted by atomic mass is 14.5. The Bertz CT molecular complexity index is 2990. The van der Waals surface area contributed by atoms with Crippen LogP contribution in [0.5, 0.6) is 0 Å². The van der Waals surface area contributed by atoms with Crippen LogP contribution in [0.1, 0.15) is 55.6 Å². The lowest BCUT2D eigenvalue weighted by molar-refractivity contribution is 0.767. The molecule has 0 saturated heterocycles. The van der Waals surface area contributed by atoms with Gasteiger partial charge in [-0.2, -0.15) is 21.0 Å². The third kappa shape index (κ3) is 5.65. The monoisotopic (exact) mass is 746 g/mol. The van der Waals surface area contributed by atoms with E-state index in [1.54, 1.807) is 0 Å². The number of nitriles is 4. The molecule has 0 unspecified atom stereocenters. The summed E-state index contributed by atoms with van der Waals surface area (Å²) in [6.07, 6.45) is 4.44. The molecule has 1 spiro atoms. The summed E-state index contributed by atoms with van der Waals surface area (Å²) in [6.45, 7) is 0. The van der Waals surface area contributed by atoms with Crippen molar-refractivity contribution < 1.29 is 0 Å². The smallest absolute Gasteiger partial charge is 0.0991 e. The third-order valence-corrected chi connectivity index (χ3v) is 11.9. The van der Waals surface area contributed by atoms with Crippen molar-refractivity contribution in [2.24, 2.45) is 0 Å². The van der Waals surface area contributed by atoms with Gasteiger partial charge in [-0.1, -0.05) is 109 Å². The SMILES string of the molecule is N#Cc1ccc(-c2ccc3c(c2)C2(c4cc(-c5ccc(C#N)cc5)ccc4C=C3)c3cc(-c4ccc(C#N)cc4)ccc3-c3ccc(-c4ccc(C#N)cc4)cc32)cc1. The van der Waals surface area contributed by atoms with Crippen molar-refractivity contribution in [3.8, 4) is 79.9 Å². The predicted molar refractivity (Wildman–Crippen MR) is 233 cm³/mol. The van der Waals surface area contributed by atoms with E-state index in [0.717, 1.165) is 89.0 Å². The first kappa shape index (κ1) is 34.9. The van der Waals surface area contributed by atoms with Crippen LogP contribution in [-0.2, 0) is 5.41 Å². The van der Waals surface area contributed by atoms with Crippen LogP contribution in [0.25, 0.3) is 67.8 Å². The Morgan fingerprint density at radius 3 is 0.814 bits per heavy atom. The first-order valence-electron chi connectivity index (χ1n) is 19.3. The van der Waals surface area contributed by atoms with E-state index in [0.29, 0.717) is 22.3 Å². The third-order valence-electron chi connectivity index (χ3n) is 11.9. The topological polar surface area (TPSA) is 95.2 Å². The number of hydrogen-bond donors (Lipinski definition) is 0. The van der Waals surface area contributed by atoms with E-state index in [4.69, 9.17) is 0 Å². The van der Waals surface area contributed by atoms with E-state index in [9.17, 15) is 21.0 Å². The van der Waals surface area contributed by atoms with Gasteiger partial charge in [-0.25, -0.2) is 0 Å². The maximum atomic E-state index is 9.60. The zero-order chi connectivity index (χ0) is 40.1. The molecule has 0 aromatic heterocycles. The lowest BCUT2D eigenvalue weighted by Gasteiger charge is -2.36. The van der Waals surface area contributed by atoms with Crippen LogP contribution in [0, 0.1) is 45.3 Å². The van der Waals surface area contributed by atoms with E-state index >= 15 is 0 Å². The summed E-state index contributed by atoms with van der Waals surface area (Å²) in [5.41, 5.74) is 18.8. The minimum absolute atomic E-state index is 0.608. The fraction of sp³-hybridized carbons (Fsp3) is 0.0182. The van der Waals surface area contributed by atoms with Crippen molar-refractivity contribution in [3.05, 3.63) is 225 Å². The van der Waals surface area contributed by atoms with Gasteiger partial charge in [0.2, 0.25) is 0 Å². The molecule has 10 rings (SSSR count). The minimum Gasteiger partial charge on any atom is -0.192 e. The summed E-state index contributed by atoms with van der Waals surface area (Å²) in [6, 6.07) is 66.9. The first-order chi connectivity index (χ1) is 29.0. The molecule has 8 aromatic carbocycles. The van der Waals surface area contributed by atoms with Gasteiger partial charge in [0.15, 0.2) is 0 Å². The minimum atomic E-state index is -0.824. The predicted octanol–water partition coefficient (Wildman–Crippen LogP) is 12.7. The zero-order valence-electron chi connectivity index (χ0n) is 31.6. The Hall–Kier alpha value is -8.54. The first-order valence-corrected chi connectivity index (χ1v) is 19.3. The molecule has 59 heavy (non-hydrogen) atoms. The molecule has 2 aliphatic carbocycles. The molecule has 0 saturated carbocycles. The Morgan fingerprint density at radius 1 is 0.271 bits per heavy atom. The van der Waals surface area contributed by atoms with E-state index in [1.165, 1.54) is 0 Å².